The molecule has 18 heavy (non-hydrogen) atoms. The predicted octanol–water partition coefficient (Wildman–Crippen LogP) is 2.65. The minimum atomic E-state index is 0.0576. The standard InChI is InChI=1S/C14H19BrN2O/c1-17(10-14(9-16)7-4-8-14)13(18)11-5-2-3-6-12(11)15/h2-3,5-6H,4,7-10,16H2,1H3. The summed E-state index contributed by atoms with van der Waals surface area (Å²) in [5, 5.41) is 0. The van der Waals surface area contributed by atoms with Crippen molar-refractivity contribution >= 4 is 21.8 Å². The molecule has 0 spiro atoms. The van der Waals surface area contributed by atoms with Gasteiger partial charge in [0.15, 0.2) is 0 Å². The van der Waals surface area contributed by atoms with Crippen LogP contribution in [0.3, 0.4) is 0 Å². The molecular formula is C14H19BrN2O. The number of hydrogen-bond acceptors (Lipinski definition) is 2. The molecule has 1 amide bonds. The van der Waals surface area contributed by atoms with Crippen LogP contribution in [-0.2, 0) is 0 Å². The van der Waals surface area contributed by atoms with Gasteiger partial charge in [-0.2, -0.15) is 0 Å². The summed E-state index contributed by atoms with van der Waals surface area (Å²) in [4.78, 5) is 14.2. The molecular weight excluding hydrogens is 292 g/mol. The van der Waals surface area contributed by atoms with E-state index < -0.39 is 0 Å². The van der Waals surface area contributed by atoms with Gasteiger partial charge in [-0.15, -0.1) is 0 Å². The van der Waals surface area contributed by atoms with E-state index in [0.29, 0.717) is 12.1 Å². The fourth-order valence-corrected chi connectivity index (χ4v) is 2.97. The van der Waals surface area contributed by atoms with Gasteiger partial charge >= 0.3 is 0 Å². The monoisotopic (exact) mass is 310 g/mol. The molecule has 2 N–H and O–H groups in total. The van der Waals surface area contributed by atoms with E-state index in [1.807, 2.05) is 31.3 Å². The highest BCUT2D eigenvalue weighted by atomic mass is 79.9. The van der Waals surface area contributed by atoms with Gasteiger partial charge in [0.05, 0.1) is 5.56 Å². The van der Waals surface area contributed by atoms with E-state index in [-0.39, 0.29) is 11.3 Å². The van der Waals surface area contributed by atoms with Crippen LogP contribution in [0, 0.1) is 5.41 Å². The quantitative estimate of drug-likeness (QED) is 0.929. The van der Waals surface area contributed by atoms with Crippen molar-refractivity contribution in [2.24, 2.45) is 11.1 Å². The third-order valence-electron chi connectivity index (χ3n) is 3.87. The average Bonchev–Trinajstić information content (AvgIpc) is 2.33. The van der Waals surface area contributed by atoms with Crippen LogP contribution in [-0.4, -0.2) is 30.9 Å². The van der Waals surface area contributed by atoms with Crippen LogP contribution in [0.4, 0.5) is 0 Å². The lowest BCUT2D eigenvalue weighted by Crippen LogP contribution is -2.47. The van der Waals surface area contributed by atoms with E-state index in [4.69, 9.17) is 5.73 Å². The number of hydrogen-bond donors (Lipinski definition) is 1. The highest BCUT2D eigenvalue weighted by Crippen LogP contribution is 2.40. The van der Waals surface area contributed by atoms with Crippen LogP contribution < -0.4 is 5.73 Å². The molecule has 4 heteroatoms. The predicted molar refractivity (Wildman–Crippen MR) is 76.4 cm³/mol. The number of carbonyl (C=O) groups is 1. The number of amides is 1. The zero-order valence-corrected chi connectivity index (χ0v) is 12.2. The molecule has 1 aromatic carbocycles. The lowest BCUT2D eigenvalue weighted by atomic mass is 9.68. The summed E-state index contributed by atoms with van der Waals surface area (Å²) in [7, 11) is 1.86. The maximum atomic E-state index is 12.4. The molecule has 0 aromatic heterocycles. The fourth-order valence-electron chi connectivity index (χ4n) is 2.52. The van der Waals surface area contributed by atoms with Crippen molar-refractivity contribution in [2.45, 2.75) is 19.3 Å². The summed E-state index contributed by atoms with van der Waals surface area (Å²) in [6.07, 6.45) is 3.50. The normalized spacial score (nSPS) is 17.1. The second-order valence-corrected chi connectivity index (χ2v) is 6.05. The van der Waals surface area contributed by atoms with Gasteiger partial charge in [-0.1, -0.05) is 18.6 Å². The van der Waals surface area contributed by atoms with Crippen LogP contribution in [0.25, 0.3) is 0 Å². The van der Waals surface area contributed by atoms with Crippen LogP contribution in [0.5, 0.6) is 0 Å². The van der Waals surface area contributed by atoms with E-state index in [0.717, 1.165) is 23.9 Å². The molecule has 0 bridgehead atoms. The molecule has 1 saturated carbocycles. The molecule has 2 rings (SSSR count). The van der Waals surface area contributed by atoms with Crippen molar-refractivity contribution in [3.05, 3.63) is 34.3 Å². The average molecular weight is 311 g/mol. The Bertz CT molecular complexity index is 438. The molecule has 1 aliphatic carbocycles. The topological polar surface area (TPSA) is 46.3 Å². The molecule has 0 atom stereocenters. The van der Waals surface area contributed by atoms with Gasteiger partial charge in [-0.25, -0.2) is 0 Å². The van der Waals surface area contributed by atoms with Crippen LogP contribution in [0.1, 0.15) is 29.6 Å². The van der Waals surface area contributed by atoms with Crippen LogP contribution >= 0.6 is 15.9 Å². The first-order chi connectivity index (χ1) is 8.58. The first-order valence-electron chi connectivity index (χ1n) is 6.28. The number of carbonyl (C=O) groups excluding carboxylic acids is 1. The SMILES string of the molecule is CN(CC1(CN)CCC1)C(=O)c1ccccc1Br. The van der Waals surface area contributed by atoms with E-state index in [1.54, 1.807) is 4.90 Å². The van der Waals surface area contributed by atoms with Crippen molar-refractivity contribution in [1.29, 1.82) is 0 Å². The summed E-state index contributed by atoms with van der Waals surface area (Å²) < 4.78 is 0.845. The summed E-state index contributed by atoms with van der Waals surface area (Å²) in [5.74, 6) is 0.0576. The second-order valence-electron chi connectivity index (χ2n) is 5.20. The van der Waals surface area contributed by atoms with E-state index in [1.165, 1.54) is 6.42 Å². The van der Waals surface area contributed by atoms with Crippen molar-refractivity contribution < 1.29 is 4.79 Å². The number of nitrogens with two attached hydrogens (primary N) is 1. The Morgan fingerprint density at radius 1 is 1.44 bits per heavy atom. The van der Waals surface area contributed by atoms with Gasteiger partial charge in [0.2, 0.25) is 0 Å². The van der Waals surface area contributed by atoms with E-state index >= 15 is 0 Å². The van der Waals surface area contributed by atoms with Gasteiger partial charge in [0.25, 0.3) is 5.91 Å². The highest BCUT2D eigenvalue weighted by molar-refractivity contribution is 9.10. The van der Waals surface area contributed by atoms with E-state index in [2.05, 4.69) is 15.9 Å². The number of halogens is 1. The van der Waals surface area contributed by atoms with Gasteiger partial charge < -0.3 is 10.6 Å². The Morgan fingerprint density at radius 3 is 2.61 bits per heavy atom. The molecule has 0 radical (unpaired) electrons. The Labute approximate surface area is 116 Å². The molecule has 98 valence electrons. The summed E-state index contributed by atoms with van der Waals surface area (Å²) in [6.45, 7) is 1.42. The molecule has 0 aliphatic heterocycles. The van der Waals surface area contributed by atoms with Crippen molar-refractivity contribution in [2.75, 3.05) is 20.1 Å². The van der Waals surface area contributed by atoms with Crippen molar-refractivity contribution in [3.63, 3.8) is 0 Å². The third kappa shape index (κ3) is 2.59. The number of rotatable bonds is 4. The van der Waals surface area contributed by atoms with Gasteiger partial charge in [0.1, 0.15) is 0 Å². The largest absolute Gasteiger partial charge is 0.341 e. The zero-order chi connectivity index (χ0) is 13.2. The van der Waals surface area contributed by atoms with Crippen LogP contribution in [0.2, 0.25) is 0 Å². The summed E-state index contributed by atoms with van der Waals surface area (Å²) in [6, 6.07) is 7.53. The molecule has 0 heterocycles. The van der Waals surface area contributed by atoms with Crippen molar-refractivity contribution in [1.82, 2.24) is 4.90 Å². The maximum Gasteiger partial charge on any atom is 0.254 e. The lowest BCUT2D eigenvalue weighted by molar-refractivity contribution is 0.0568. The third-order valence-corrected chi connectivity index (χ3v) is 4.56. The number of nitrogens with zero attached hydrogens (tertiary/aromatic N) is 1. The zero-order valence-electron chi connectivity index (χ0n) is 10.7. The van der Waals surface area contributed by atoms with Gasteiger partial charge in [-0.05, 0) is 47.4 Å². The summed E-state index contributed by atoms with van der Waals surface area (Å²) >= 11 is 3.42. The lowest BCUT2D eigenvalue weighted by Gasteiger charge is -2.43. The minimum Gasteiger partial charge on any atom is -0.341 e. The Morgan fingerprint density at radius 2 is 2.11 bits per heavy atom. The molecule has 0 saturated heterocycles. The smallest absolute Gasteiger partial charge is 0.254 e. The molecule has 1 aromatic rings. The maximum absolute atomic E-state index is 12.4. The van der Waals surface area contributed by atoms with Gasteiger partial charge in [0, 0.05) is 23.5 Å². The number of benzene rings is 1. The highest BCUT2D eigenvalue weighted by Gasteiger charge is 2.37. The fraction of sp³-hybridized carbons (Fsp3) is 0.500. The van der Waals surface area contributed by atoms with Crippen LogP contribution in [0.15, 0.2) is 28.7 Å². The van der Waals surface area contributed by atoms with Crippen molar-refractivity contribution in [3.8, 4) is 0 Å². The minimum absolute atomic E-state index is 0.0576. The van der Waals surface area contributed by atoms with E-state index in [9.17, 15) is 4.79 Å². The Balaban J connectivity index is 2.07. The molecule has 0 unspecified atom stereocenters. The molecule has 1 aliphatic rings. The molecule has 1 fully saturated rings. The summed E-state index contributed by atoms with van der Waals surface area (Å²) in [5.41, 5.74) is 6.71. The molecule has 3 nitrogen and oxygen atoms in total. The first-order valence-corrected chi connectivity index (χ1v) is 7.07. The first kappa shape index (κ1) is 13.6. The Kier molecular flexibility index (Phi) is 4.07. The van der Waals surface area contributed by atoms with Gasteiger partial charge in [-0.3, -0.25) is 4.79 Å². The Hall–Kier alpha value is -0.870. The second kappa shape index (κ2) is 5.41.